The molecule has 0 heterocycles. The summed E-state index contributed by atoms with van der Waals surface area (Å²) in [7, 11) is 0. The SMILES string of the molecule is Cc1cc(C)c(C(C)N[C@@H](CO)c2ccccc2)cc1C. The van der Waals surface area contributed by atoms with E-state index in [9.17, 15) is 5.11 Å². The Labute approximate surface area is 127 Å². The predicted molar refractivity (Wildman–Crippen MR) is 88.5 cm³/mol. The Morgan fingerprint density at radius 1 is 0.952 bits per heavy atom. The molecule has 0 aromatic heterocycles. The molecule has 0 amide bonds. The average molecular weight is 283 g/mol. The Balaban J connectivity index is 2.20. The standard InChI is InChI=1S/C19H25NO/c1-13-10-15(3)18(11-14(13)2)16(4)20-19(12-21)17-8-6-5-7-9-17/h5-11,16,19-21H,12H2,1-4H3/t16?,19-/m0/s1. The Morgan fingerprint density at radius 3 is 2.19 bits per heavy atom. The van der Waals surface area contributed by atoms with Gasteiger partial charge in [-0.15, -0.1) is 0 Å². The van der Waals surface area contributed by atoms with E-state index in [4.69, 9.17) is 0 Å². The average Bonchev–Trinajstić information content (AvgIpc) is 2.49. The normalized spacial score (nSPS) is 14.0. The van der Waals surface area contributed by atoms with Gasteiger partial charge in [0.05, 0.1) is 12.6 Å². The van der Waals surface area contributed by atoms with E-state index < -0.39 is 0 Å². The van der Waals surface area contributed by atoms with Crippen molar-refractivity contribution in [3.63, 3.8) is 0 Å². The van der Waals surface area contributed by atoms with E-state index in [-0.39, 0.29) is 18.7 Å². The lowest BCUT2D eigenvalue weighted by atomic mass is 9.95. The molecule has 2 N–H and O–H groups in total. The number of hydrogen-bond acceptors (Lipinski definition) is 2. The van der Waals surface area contributed by atoms with E-state index >= 15 is 0 Å². The third kappa shape index (κ3) is 3.72. The van der Waals surface area contributed by atoms with Gasteiger partial charge in [0.15, 0.2) is 0 Å². The minimum absolute atomic E-state index is 0.0396. The number of benzene rings is 2. The zero-order chi connectivity index (χ0) is 15.4. The van der Waals surface area contributed by atoms with E-state index in [0.717, 1.165) is 5.56 Å². The van der Waals surface area contributed by atoms with Crippen LogP contribution in [0, 0.1) is 20.8 Å². The maximum atomic E-state index is 9.68. The molecule has 2 nitrogen and oxygen atoms in total. The molecule has 0 bridgehead atoms. The van der Waals surface area contributed by atoms with Gasteiger partial charge in [-0.05, 0) is 55.5 Å². The summed E-state index contributed by atoms with van der Waals surface area (Å²) in [6, 6.07) is 14.7. The molecule has 0 saturated carbocycles. The number of hydrogen-bond donors (Lipinski definition) is 2. The fourth-order valence-corrected chi connectivity index (χ4v) is 2.78. The number of aryl methyl sites for hydroxylation is 3. The molecule has 0 radical (unpaired) electrons. The van der Waals surface area contributed by atoms with Crippen LogP contribution in [0.25, 0.3) is 0 Å². The van der Waals surface area contributed by atoms with Crippen LogP contribution in [-0.4, -0.2) is 11.7 Å². The van der Waals surface area contributed by atoms with Crippen molar-refractivity contribution in [1.82, 2.24) is 5.32 Å². The molecule has 2 rings (SSSR count). The van der Waals surface area contributed by atoms with Crippen LogP contribution in [0.2, 0.25) is 0 Å². The highest BCUT2D eigenvalue weighted by Crippen LogP contribution is 2.24. The minimum Gasteiger partial charge on any atom is -0.394 e. The van der Waals surface area contributed by atoms with Crippen LogP contribution >= 0.6 is 0 Å². The molecule has 21 heavy (non-hydrogen) atoms. The molecule has 0 spiro atoms. The lowest BCUT2D eigenvalue weighted by molar-refractivity contribution is 0.235. The third-order valence-electron chi connectivity index (χ3n) is 4.18. The zero-order valence-electron chi connectivity index (χ0n) is 13.4. The number of aliphatic hydroxyl groups excluding tert-OH is 1. The van der Waals surface area contributed by atoms with Crippen LogP contribution in [0.3, 0.4) is 0 Å². The zero-order valence-corrected chi connectivity index (χ0v) is 13.4. The van der Waals surface area contributed by atoms with Gasteiger partial charge in [0, 0.05) is 6.04 Å². The van der Waals surface area contributed by atoms with Gasteiger partial charge >= 0.3 is 0 Å². The van der Waals surface area contributed by atoms with Crippen molar-refractivity contribution in [2.75, 3.05) is 6.61 Å². The van der Waals surface area contributed by atoms with Crippen LogP contribution in [0.15, 0.2) is 42.5 Å². The van der Waals surface area contributed by atoms with Gasteiger partial charge < -0.3 is 10.4 Å². The molecule has 0 fully saturated rings. The van der Waals surface area contributed by atoms with E-state index in [1.807, 2.05) is 30.3 Å². The van der Waals surface area contributed by atoms with Crippen LogP contribution in [0.1, 0.15) is 46.8 Å². The monoisotopic (exact) mass is 283 g/mol. The van der Waals surface area contributed by atoms with Crippen LogP contribution in [-0.2, 0) is 0 Å². The second-order valence-corrected chi connectivity index (χ2v) is 5.83. The molecule has 0 aliphatic rings. The summed E-state index contributed by atoms with van der Waals surface area (Å²) in [6.45, 7) is 8.69. The first-order valence-electron chi connectivity index (χ1n) is 7.52. The fraction of sp³-hybridized carbons (Fsp3) is 0.368. The highest BCUT2D eigenvalue weighted by atomic mass is 16.3. The van der Waals surface area contributed by atoms with Gasteiger partial charge in [-0.3, -0.25) is 0 Å². The van der Waals surface area contributed by atoms with Crippen LogP contribution in [0.5, 0.6) is 0 Å². The van der Waals surface area contributed by atoms with E-state index in [2.05, 4.69) is 45.1 Å². The highest BCUT2D eigenvalue weighted by molar-refractivity contribution is 5.38. The summed E-state index contributed by atoms with van der Waals surface area (Å²) in [5.74, 6) is 0. The van der Waals surface area contributed by atoms with Gasteiger partial charge in [0.2, 0.25) is 0 Å². The Hall–Kier alpha value is -1.64. The van der Waals surface area contributed by atoms with Crippen molar-refractivity contribution in [3.05, 3.63) is 70.3 Å². The first-order valence-corrected chi connectivity index (χ1v) is 7.52. The van der Waals surface area contributed by atoms with Crippen molar-refractivity contribution >= 4 is 0 Å². The first-order chi connectivity index (χ1) is 10.0. The molecular weight excluding hydrogens is 258 g/mol. The number of aliphatic hydroxyl groups is 1. The fourth-order valence-electron chi connectivity index (χ4n) is 2.78. The summed E-state index contributed by atoms with van der Waals surface area (Å²) in [5, 5.41) is 13.2. The smallest absolute Gasteiger partial charge is 0.0626 e. The molecule has 0 saturated heterocycles. The van der Waals surface area contributed by atoms with Crippen molar-refractivity contribution in [1.29, 1.82) is 0 Å². The molecular formula is C19H25NO. The second kappa shape index (κ2) is 6.88. The highest BCUT2D eigenvalue weighted by Gasteiger charge is 2.16. The van der Waals surface area contributed by atoms with E-state index in [1.165, 1.54) is 22.3 Å². The van der Waals surface area contributed by atoms with Gasteiger partial charge in [-0.2, -0.15) is 0 Å². The maximum Gasteiger partial charge on any atom is 0.0626 e. The Kier molecular flexibility index (Phi) is 5.16. The molecule has 0 aliphatic heterocycles. The molecule has 2 heteroatoms. The van der Waals surface area contributed by atoms with Gasteiger partial charge in [-0.1, -0.05) is 42.5 Å². The Bertz CT molecular complexity index is 592. The summed E-state index contributed by atoms with van der Waals surface area (Å²) in [5.41, 5.74) is 6.35. The maximum absolute atomic E-state index is 9.68. The van der Waals surface area contributed by atoms with Gasteiger partial charge in [-0.25, -0.2) is 0 Å². The van der Waals surface area contributed by atoms with E-state index in [1.54, 1.807) is 0 Å². The lowest BCUT2D eigenvalue weighted by Crippen LogP contribution is -2.27. The van der Waals surface area contributed by atoms with Crippen molar-refractivity contribution in [2.45, 2.75) is 39.8 Å². The predicted octanol–water partition coefficient (Wildman–Crippen LogP) is 4.00. The number of nitrogens with one attached hydrogen (secondary N) is 1. The van der Waals surface area contributed by atoms with Crippen LogP contribution in [0.4, 0.5) is 0 Å². The first kappa shape index (κ1) is 15.7. The molecule has 2 atom stereocenters. The van der Waals surface area contributed by atoms with Crippen molar-refractivity contribution in [3.8, 4) is 0 Å². The largest absolute Gasteiger partial charge is 0.394 e. The quantitative estimate of drug-likeness (QED) is 0.869. The molecule has 1 unspecified atom stereocenters. The van der Waals surface area contributed by atoms with Gasteiger partial charge in [0.25, 0.3) is 0 Å². The lowest BCUT2D eigenvalue weighted by Gasteiger charge is -2.24. The summed E-state index contributed by atoms with van der Waals surface area (Å²) in [6.07, 6.45) is 0. The molecule has 0 aliphatic carbocycles. The second-order valence-electron chi connectivity index (χ2n) is 5.83. The third-order valence-corrected chi connectivity index (χ3v) is 4.18. The summed E-state index contributed by atoms with van der Waals surface area (Å²) >= 11 is 0. The molecule has 112 valence electrons. The Morgan fingerprint density at radius 2 is 1.57 bits per heavy atom. The van der Waals surface area contributed by atoms with Gasteiger partial charge in [0.1, 0.15) is 0 Å². The molecule has 2 aromatic rings. The van der Waals surface area contributed by atoms with Crippen molar-refractivity contribution in [2.24, 2.45) is 0 Å². The van der Waals surface area contributed by atoms with Crippen molar-refractivity contribution < 1.29 is 5.11 Å². The van der Waals surface area contributed by atoms with E-state index in [0.29, 0.717) is 0 Å². The summed E-state index contributed by atoms with van der Waals surface area (Å²) in [4.78, 5) is 0. The summed E-state index contributed by atoms with van der Waals surface area (Å²) < 4.78 is 0. The number of rotatable bonds is 5. The topological polar surface area (TPSA) is 32.3 Å². The minimum atomic E-state index is -0.0396. The van der Waals surface area contributed by atoms with Crippen LogP contribution < -0.4 is 5.32 Å². The molecule has 2 aromatic carbocycles.